The van der Waals surface area contributed by atoms with Crippen LogP contribution in [0.15, 0.2) is 18.6 Å². The SMILES string of the molecule is CCCCCCCCP(=O)(OCC)c1cnccn1. The molecular weight excluding hydrogens is 259 g/mol. The Morgan fingerprint density at radius 3 is 2.47 bits per heavy atom. The lowest BCUT2D eigenvalue weighted by Gasteiger charge is -2.16. The lowest BCUT2D eigenvalue weighted by Crippen LogP contribution is -2.14. The van der Waals surface area contributed by atoms with Crippen LogP contribution < -0.4 is 5.44 Å². The molecule has 0 aromatic carbocycles. The maximum absolute atomic E-state index is 12.8. The Morgan fingerprint density at radius 1 is 1.11 bits per heavy atom. The molecule has 0 amide bonds. The number of unbranched alkanes of at least 4 members (excludes halogenated alkanes) is 5. The molecule has 1 rings (SSSR count). The summed E-state index contributed by atoms with van der Waals surface area (Å²) in [7, 11) is -2.80. The molecule has 1 unspecified atom stereocenters. The first-order chi connectivity index (χ1) is 9.23. The first kappa shape index (κ1) is 16.3. The highest BCUT2D eigenvalue weighted by Crippen LogP contribution is 2.45. The number of rotatable bonds is 10. The smallest absolute Gasteiger partial charge is 0.251 e. The van der Waals surface area contributed by atoms with Gasteiger partial charge in [0.2, 0.25) is 0 Å². The van der Waals surface area contributed by atoms with Crippen molar-refractivity contribution in [1.29, 1.82) is 0 Å². The van der Waals surface area contributed by atoms with Crippen molar-refractivity contribution in [1.82, 2.24) is 9.97 Å². The number of hydrogen-bond donors (Lipinski definition) is 0. The maximum atomic E-state index is 12.8. The molecule has 4 nitrogen and oxygen atoms in total. The third-order valence-corrected chi connectivity index (χ3v) is 5.55. The molecule has 1 heterocycles. The van der Waals surface area contributed by atoms with Gasteiger partial charge in [0.15, 0.2) is 0 Å². The molecule has 0 N–H and O–H groups in total. The third-order valence-electron chi connectivity index (χ3n) is 3.04. The van der Waals surface area contributed by atoms with Gasteiger partial charge in [0.25, 0.3) is 7.37 Å². The van der Waals surface area contributed by atoms with E-state index in [1.54, 1.807) is 18.6 Å². The highest BCUT2D eigenvalue weighted by molar-refractivity contribution is 7.66. The van der Waals surface area contributed by atoms with Crippen LogP contribution in [0.3, 0.4) is 0 Å². The van der Waals surface area contributed by atoms with Crippen LogP contribution in [0.5, 0.6) is 0 Å². The van der Waals surface area contributed by atoms with E-state index in [1.807, 2.05) is 6.92 Å². The molecule has 0 radical (unpaired) electrons. The summed E-state index contributed by atoms with van der Waals surface area (Å²) >= 11 is 0. The molecule has 0 aliphatic carbocycles. The van der Waals surface area contributed by atoms with E-state index in [0.29, 0.717) is 18.2 Å². The molecule has 108 valence electrons. The van der Waals surface area contributed by atoms with Gasteiger partial charge in [0.1, 0.15) is 5.44 Å². The van der Waals surface area contributed by atoms with Crippen molar-refractivity contribution < 1.29 is 9.09 Å². The molecule has 0 aliphatic heterocycles. The topological polar surface area (TPSA) is 52.1 Å². The van der Waals surface area contributed by atoms with Gasteiger partial charge >= 0.3 is 0 Å². The van der Waals surface area contributed by atoms with Crippen molar-refractivity contribution in [3.05, 3.63) is 18.6 Å². The summed E-state index contributed by atoms with van der Waals surface area (Å²) in [5.74, 6) is 0. The van der Waals surface area contributed by atoms with E-state index >= 15 is 0 Å². The van der Waals surface area contributed by atoms with Crippen molar-refractivity contribution in [2.24, 2.45) is 0 Å². The highest BCUT2D eigenvalue weighted by atomic mass is 31.2. The van der Waals surface area contributed by atoms with Crippen LogP contribution in [0.4, 0.5) is 0 Å². The molecule has 0 spiro atoms. The number of hydrogen-bond acceptors (Lipinski definition) is 4. The Bertz CT molecular complexity index is 384. The summed E-state index contributed by atoms with van der Waals surface area (Å²) in [4.78, 5) is 8.13. The first-order valence-corrected chi connectivity index (χ1v) is 9.04. The van der Waals surface area contributed by atoms with Crippen molar-refractivity contribution in [3.8, 4) is 0 Å². The molecule has 1 atom stereocenters. The fraction of sp³-hybridized carbons (Fsp3) is 0.714. The minimum absolute atomic E-state index is 0.448. The zero-order valence-electron chi connectivity index (χ0n) is 12.0. The van der Waals surface area contributed by atoms with Crippen LogP contribution in [0.2, 0.25) is 0 Å². The fourth-order valence-electron chi connectivity index (χ4n) is 2.02. The van der Waals surface area contributed by atoms with E-state index in [9.17, 15) is 4.57 Å². The highest BCUT2D eigenvalue weighted by Gasteiger charge is 2.26. The molecule has 1 aromatic rings. The second-order valence-electron chi connectivity index (χ2n) is 4.65. The maximum Gasteiger partial charge on any atom is 0.251 e. The Labute approximate surface area is 116 Å². The summed E-state index contributed by atoms with van der Waals surface area (Å²) in [6.45, 7) is 4.52. The van der Waals surface area contributed by atoms with E-state index in [0.717, 1.165) is 12.8 Å². The fourth-order valence-corrected chi connectivity index (χ4v) is 4.05. The summed E-state index contributed by atoms with van der Waals surface area (Å²) in [5.41, 5.74) is 0.505. The van der Waals surface area contributed by atoms with Gasteiger partial charge in [-0.15, -0.1) is 0 Å². The van der Waals surface area contributed by atoms with Crippen LogP contribution >= 0.6 is 7.37 Å². The molecule has 0 fully saturated rings. The zero-order chi connectivity index (χ0) is 14.0. The molecule has 19 heavy (non-hydrogen) atoms. The largest absolute Gasteiger partial charge is 0.325 e. The normalized spacial score (nSPS) is 14.2. The first-order valence-electron chi connectivity index (χ1n) is 7.23. The van der Waals surface area contributed by atoms with Crippen molar-refractivity contribution in [3.63, 3.8) is 0 Å². The lowest BCUT2D eigenvalue weighted by atomic mass is 10.1. The van der Waals surface area contributed by atoms with Gasteiger partial charge in [0, 0.05) is 18.6 Å². The molecular formula is C14H25N2O2P. The van der Waals surface area contributed by atoms with Gasteiger partial charge < -0.3 is 4.52 Å². The minimum Gasteiger partial charge on any atom is -0.325 e. The third kappa shape index (κ3) is 5.84. The van der Waals surface area contributed by atoms with E-state index in [4.69, 9.17) is 4.52 Å². The molecule has 0 bridgehead atoms. The quantitative estimate of drug-likeness (QED) is 0.484. The molecule has 0 saturated heterocycles. The van der Waals surface area contributed by atoms with E-state index in [2.05, 4.69) is 16.9 Å². The van der Waals surface area contributed by atoms with Gasteiger partial charge in [0.05, 0.1) is 12.8 Å². The number of nitrogens with zero attached hydrogens (tertiary/aromatic N) is 2. The van der Waals surface area contributed by atoms with E-state index in [-0.39, 0.29) is 0 Å². The Balaban J connectivity index is 2.46. The average molecular weight is 284 g/mol. The predicted octanol–water partition coefficient (Wildman–Crippen LogP) is 3.78. The van der Waals surface area contributed by atoms with Crippen LogP contribution in [-0.2, 0) is 9.09 Å². The monoisotopic (exact) mass is 284 g/mol. The van der Waals surface area contributed by atoms with Crippen molar-refractivity contribution in [2.45, 2.75) is 52.4 Å². The second-order valence-corrected chi connectivity index (χ2v) is 7.16. The van der Waals surface area contributed by atoms with Gasteiger partial charge in [-0.25, -0.2) is 4.98 Å². The standard InChI is InChI=1S/C14H25N2O2P/c1-3-5-6-7-8-9-12-19(17,18-4-2)14-13-15-10-11-16-14/h10-11,13H,3-9,12H2,1-2H3. The Morgan fingerprint density at radius 2 is 1.84 bits per heavy atom. The summed E-state index contributed by atoms with van der Waals surface area (Å²) in [5, 5.41) is 0. The average Bonchev–Trinajstić information content (AvgIpc) is 2.44. The summed E-state index contributed by atoms with van der Waals surface area (Å²) < 4.78 is 18.3. The second kappa shape index (κ2) is 9.22. The van der Waals surface area contributed by atoms with E-state index in [1.165, 1.54) is 25.7 Å². The Kier molecular flexibility index (Phi) is 7.92. The molecule has 0 aliphatic rings. The summed E-state index contributed by atoms with van der Waals surface area (Å²) in [6, 6.07) is 0. The Hall–Kier alpha value is -0.730. The lowest BCUT2D eigenvalue weighted by molar-refractivity contribution is 0.339. The zero-order valence-corrected chi connectivity index (χ0v) is 12.9. The van der Waals surface area contributed by atoms with Gasteiger partial charge in [-0.2, -0.15) is 0 Å². The van der Waals surface area contributed by atoms with Crippen LogP contribution in [0.25, 0.3) is 0 Å². The van der Waals surface area contributed by atoms with Crippen LogP contribution in [0.1, 0.15) is 52.4 Å². The van der Waals surface area contributed by atoms with Gasteiger partial charge in [-0.05, 0) is 13.3 Å². The molecule has 0 saturated carbocycles. The molecule has 5 heteroatoms. The summed E-state index contributed by atoms with van der Waals surface area (Å²) in [6.07, 6.45) is 12.3. The predicted molar refractivity (Wildman–Crippen MR) is 79.1 cm³/mol. The van der Waals surface area contributed by atoms with Crippen LogP contribution in [0, 0.1) is 0 Å². The van der Waals surface area contributed by atoms with Gasteiger partial charge in [-0.1, -0.05) is 39.0 Å². The number of aromatic nitrogens is 2. The van der Waals surface area contributed by atoms with Crippen molar-refractivity contribution >= 4 is 12.8 Å². The molecule has 1 aromatic heterocycles. The minimum atomic E-state index is -2.80. The van der Waals surface area contributed by atoms with Crippen molar-refractivity contribution in [2.75, 3.05) is 12.8 Å². The van der Waals surface area contributed by atoms with Gasteiger partial charge in [-0.3, -0.25) is 9.55 Å². The van der Waals surface area contributed by atoms with Crippen LogP contribution in [-0.4, -0.2) is 22.7 Å². The van der Waals surface area contributed by atoms with E-state index < -0.39 is 7.37 Å².